The number of hydrogen-bond acceptors (Lipinski definition) is 3. The standard InChI is InChI=1S/C13H8ClF3N2O2/c14-8-3-7(13(15,16)17)4-10(5-8)19-9-1-2-11(12(20)21)18-6-9/h1-6,19H,(H,20,21). The predicted molar refractivity (Wildman–Crippen MR) is 70.9 cm³/mol. The van der Waals surface area contributed by atoms with Crippen LogP contribution in [0.2, 0.25) is 5.02 Å². The summed E-state index contributed by atoms with van der Waals surface area (Å²) in [5.41, 5.74) is -0.578. The average Bonchev–Trinajstić information content (AvgIpc) is 2.37. The van der Waals surface area contributed by atoms with Crippen LogP contribution in [0, 0.1) is 0 Å². The number of aromatic carboxylic acids is 1. The zero-order chi connectivity index (χ0) is 15.6. The van der Waals surface area contributed by atoms with E-state index in [1.54, 1.807) is 0 Å². The third-order valence-corrected chi connectivity index (χ3v) is 2.71. The van der Waals surface area contributed by atoms with E-state index >= 15 is 0 Å². The molecule has 110 valence electrons. The van der Waals surface area contributed by atoms with Crippen molar-refractivity contribution >= 4 is 28.9 Å². The van der Waals surface area contributed by atoms with Crippen molar-refractivity contribution in [3.05, 3.63) is 52.8 Å². The van der Waals surface area contributed by atoms with E-state index in [4.69, 9.17) is 16.7 Å². The number of nitrogens with zero attached hydrogens (tertiary/aromatic N) is 1. The summed E-state index contributed by atoms with van der Waals surface area (Å²) >= 11 is 5.66. The molecule has 4 nitrogen and oxygen atoms in total. The maximum absolute atomic E-state index is 12.7. The molecule has 0 saturated carbocycles. The van der Waals surface area contributed by atoms with Crippen LogP contribution in [-0.2, 0) is 6.18 Å². The third-order valence-electron chi connectivity index (χ3n) is 2.50. The number of nitrogens with one attached hydrogen (secondary N) is 1. The summed E-state index contributed by atoms with van der Waals surface area (Å²) in [6.45, 7) is 0. The van der Waals surface area contributed by atoms with Gasteiger partial charge in [0.25, 0.3) is 0 Å². The van der Waals surface area contributed by atoms with Crippen LogP contribution in [0.15, 0.2) is 36.5 Å². The van der Waals surface area contributed by atoms with Crippen molar-refractivity contribution in [2.45, 2.75) is 6.18 Å². The minimum atomic E-state index is -4.51. The first kappa shape index (κ1) is 15.1. The predicted octanol–water partition coefficient (Wildman–Crippen LogP) is 4.20. The number of aromatic nitrogens is 1. The third kappa shape index (κ3) is 3.85. The number of halogens is 4. The lowest BCUT2D eigenvalue weighted by atomic mass is 10.2. The lowest BCUT2D eigenvalue weighted by molar-refractivity contribution is -0.137. The van der Waals surface area contributed by atoms with E-state index in [2.05, 4.69) is 10.3 Å². The van der Waals surface area contributed by atoms with Crippen LogP contribution < -0.4 is 5.32 Å². The summed E-state index contributed by atoms with van der Waals surface area (Å²) in [7, 11) is 0. The first-order valence-electron chi connectivity index (χ1n) is 5.60. The number of carboxylic acid groups (broad SMARTS) is 1. The molecule has 2 N–H and O–H groups in total. The number of anilines is 2. The Morgan fingerprint density at radius 2 is 1.90 bits per heavy atom. The first-order chi connectivity index (χ1) is 9.75. The normalized spacial score (nSPS) is 11.2. The highest BCUT2D eigenvalue weighted by molar-refractivity contribution is 6.31. The van der Waals surface area contributed by atoms with Gasteiger partial charge in [0.1, 0.15) is 5.69 Å². The highest BCUT2D eigenvalue weighted by Crippen LogP contribution is 2.34. The van der Waals surface area contributed by atoms with E-state index in [1.165, 1.54) is 24.4 Å². The zero-order valence-corrected chi connectivity index (χ0v) is 11.0. The highest BCUT2D eigenvalue weighted by Gasteiger charge is 2.31. The Balaban J connectivity index is 2.27. The second kappa shape index (κ2) is 5.61. The fraction of sp³-hybridized carbons (Fsp3) is 0.0769. The van der Waals surface area contributed by atoms with Gasteiger partial charge in [-0.05, 0) is 30.3 Å². The fourth-order valence-electron chi connectivity index (χ4n) is 1.59. The van der Waals surface area contributed by atoms with Crippen LogP contribution in [0.25, 0.3) is 0 Å². The topological polar surface area (TPSA) is 62.2 Å². The number of alkyl halides is 3. The Kier molecular flexibility index (Phi) is 4.04. The summed E-state index contributed by atoms with van der Waals surface area (Å²) in [4.78, 5) is 14.3. The van der Waals surface area contributed by atoms with Gasteiger partial charge in [0.05, 0.1) is 17.4 Å². The molecule has 0 unspecified atom stereocenters. The number of benzene rings is 1. The Morgan fingerprint density at radius 3 is 2.43 bits per heavy atom. The second-order valence-corrected chi connectivity index (χ2v) is 4.53. The van der Waals surface area contributed by atoms with Crippen molar-refractivity contribution in [3.8, 4) is 0 Å². The van der Waals surface area contributed by atoms with Crippen molar-refractivity contribution in [2.75, 3.05) is 5.32 Å². The smallest absolute Gasteiger partial charge is 0.416 e. The first-order valence-corrected chi connectivity index (χ1v) is 5.97. The highest BCUT2D eigenvalue weighted by atomic mass is 35.5. The van der Waals surface area contributed by atoms with Crippen LogP contribution in [-0.4, -0.2) is 16.1 Å². The van der Waals surface area contributed by atoms with Gasteiger partial charge < -0.3 is 10.4 Å². The number of hydrogen-bond donors (Lipinski definition) is 2. The van der Waals surface area contributed by atoms with Crippen LogP contribution in [0.1, 0.15) is 16.1 Å². The Labute approximate surface area is 122 Å². The minimum absolute atomic E-state index is 0.0672. The maximum Gasteiger partial charge on any atom is 0.416 e. The molecular weight excluding hydrogens is 309 g/mol. The molecule has 0 spiro atoms. The molecule has 0 bridgehead atoms. The van der Waals surface area contributed by atoms with Gasteiger partial charge in [0, 0.05) is 10.7 Å². The van der Waals surface area contributed by atoms with E-state index in [0.29, 0.717) is 5.69 Å². The number of rotatable bonds is 3. The molecule has 21 heavy (non-hydrogen) atoms. The second-order valence-electron chi connectivity index (χ2n) is 4.09. The molecule has 1 aromatic carbocycles. The van der Waals surface area contributed by atoms with Crippen LogP contribution in [0.5, 0.6) is 0 Å². The Hall–Kier alpha value is -2.28. The SMILES string of the molecule is O=C(O)c1ccc(Nc2cc(Cl)cc(C(F)(F)F)c2)cn1. The van der Waals surface area contributed by atoms with Gasteiger partial charge in [-0.3, -0.25) is 0 Å². The summed E-state index contributed by atoms with van der Waals surface area (Å²) < 4.78 is 38.0. The average molecular weight is 317 g/mol. The van der Waals surface area contributed by atoms with Gasteiger partial charge in [-0.2, -0.15) is 13.2 Å². The molecule has 0 amide bonds. The van der Waals surface area contributed by atoms with Crippen molar-refractivity contribution in [3.63, 3.8) is 0 Å². The van der Waals surface area contributed by atoms with Gasteiger partial charge in [0.15, 0.2) is 0 Å². The van der Waals surface area contributed by atoms with Crippen LogP contribution in [0.3, 0.4) is 0 Å². The van der Waals surface area contributed by atoms with E-state index in [-0.39, 0.29) is 16.4 Å². The molecule has 0 aliphatic carbocycles. The summed E-state index contributed by atoms with van der Waals surface area (Å²) in [6.07, 6.45) is -3.30. The summed E-state index contributed by atoms with van der Waals surface area (Å²) in [5, 5.41) is 11.3. The van der Waals surface area contributed by atoms with Gasteiger partial charge in [-0.25, -0.2) is 9.78 Å². The molecule has 0 aliphatic rings. The van der Waals surface area contributed by atoms with Gasteiger partial charge in [-0.1, -0.05) is 11.6 Å². The van der Waals surface area contributed by atoms with Gasteiger partial charge in [-0.15, -0.1) is 0 Å². The molecule has 8 heteroatoms. The molecular formula is C13H8ClF3N2O2. The maximum atomic E-state index is 12.7. The molecule has 0 saturated heterocycles. The van der Waals surface area contributed by atoms with E-state index in [1.807, 2.05) is 0 Å². The monoisotopic (exact) mass is 316 g/mol. The van der Waals surface area contributed by atoms with E-state index in [9.17, 15) is 18.0 Å². The van der Waals surface area contributed by atoms with Crippen LogP contribution >= 0.6 is 11.6 Å². The van der Waals surface area contributed by atoms with E-state index in [0.717, 1.165) is 12.1 Å². The molecule has 0 fully saturated rings. The molecule has 1 aromatic heterocycles. The number of pyridine rings is 1. The van der Waals surface area contributed by atoms with E-state index < -0.39 is 17.7 Å². The molecule has 0 aliphatic heterocycles. The Morgan fingerprint density at radius 1 is 1.19 bits per heavy atom. The van der Waals surface area contributed by atoms with Gasteiger partial charge in [0.2, 0.25) is 0 Å². The number of carboxylic acids is 1. The quantitative estimate of drug-likeness (QED) is 0.891. The summed E-state index contributed by atoms with van der Waals surface area (Å²) in [6, 6.07) is 5.67. The molecule has 0 atom stereocenters. The van der Waals surface area contributed by atoms with Gasteiger partial charge >= 0.3 is 12.1 Å². The zero-order valence-electron chi connectivity index (χ0n) is 10.3. The van der Waals surface area contributed by atoms with Crippen molar-refractivity contribution < 1.29 is 23.1 Å². The van der Waals surface area contributed by atoms with Crippen molar-refractivity contribution in [1.82, 2.24) is 4.98 Å². The fourth-order valence-corrected chi connectivity index (χ4v) is 1.82. The Bertz CT molecular complexity index is 672. The van der Waals surface area contributed by atoms with Crippen molar-refractivity contribution in [1.29, 1.82) is 0 Å². The molecule has 2 rings (SSSR count). The van der Waals surface area contributed by atoms with Crippen LogP contribution in [0.4, 0.5) is 24.5 Å². The van der Waals surface area contributed by atoms with Crippen molar-refractivity contribution in [2.24, 2.45) is 0 Å². The largest absolute Gasteiger partial charge is 0.477 e. The molecule has 2 aromatic rings. The summed E-state index contributed by atoms with van der Waals surface area (Å²) in [5.74, 6) is -1.19. The lowest BCUT2D eigenvalue weighted by Crippen LogP contribution is -2.06. The number of carbonyl (C=O) groups is 1. The molecule has 0 radical (unpaired) electrons. The molecule has 1 heterocycles. The lowest BCUT2D eigenvalue weighted by Gasteiger charge is -2.11. The minimum Gasteiger partial charge on any atom is -0.477 e.